The maximum absolute atomic E-state index is 13.2. The molecular weight excluding hydrogens is 555 g/mol. The molecule has 0 aromatic rings. The Morgan fingerprint density at radius 3 is 2.02 bits per heavy atom. The lowest BCUT2D eigenvalue weighted by Gasteiger charge is -2.58. The first kappa shape index (κ1) is 35.0. The highest BCUT2D eigenvalue weighted by molar-refractivity contribution is 7.56. The lowest BCUT2D eigenvalue weighted by atomic mass is 9.48. The first-order chi connectivity index (χ1) is 20.6. The Labute approximate surface area is 263 Å². The summed E-state index contributed by atoms with van der Waals surface area (Å²) in [6.07, 6.45) is 30.5. The van der Waals surface area contributed by atoms with E-state index in [2.05, 4.69) is 26.8 Å². The van der Waals surface area contributed by atoms with Crippen molar-refractivity contribution in [3.05, 3.63) is 23.0 Å². The molecule has 5 nitrogen and oxygen atoms in total. The van der Waals surface area contributed by atoms with Crippen molar-refractivity contribution in [2.75, 3.05) is 0 Å². The van der Waals surface area contributed by atoms with Crippen LogP contribution in [-0.4, -0.2) is 21.9 Å². The molecule has 0 saturated heterocycles. The second-order valence-electron chi connectivity index (χ2n) is 15.2. The molecule has 0 aliphatic heterocycles. The minimum Gasteiger partial charge on any atom is -0.461 e. The quantitative estimate of drug-likeness (QED) is 0.0907. The number of fused-ring (bicyclic) bond motifs is 5. The number of carbonyl (C=O) groups is 1. The Morgan fingerprint density at radius 2 is 1.44 bits per heavy atom. The fourth-order valence-electron chi connectivity index (χ4n) is 9.56. The molecule has 2 saturated carbocycles. The average molecular weight is 619 g/mol. The lowest BCUT2D eigenvalue weighted by molar-refractivity contribution is -0.161. The van der Waals surface area contributed by atoms with Crippen LogP contribution in [0.15, 0.2) is 23.0 Å². The van der Waals surface area contributed by atoms with Gasteiger partial charge in [-0.2, -0.15) is 0 Å². The molecule has 0 amide bonds. The second kappa shape index (κ2) is 16.1. The Balaban J connectivity index is 1.21. The van der Waals surface area contributed by atoms with Gasteiger partial charge in [-0.15, -0.1) is 0 Å². The lowest BCUT2D eigenvalue weighted by Crippen LogP contribution is -2.54. The van der Waals surface area contributed by atoms with Gasteiger partial charge in [0.15, 0.2) is 0 Å². The molecule has 0 heterocycles. The first-order valence-corrected chi connectivity index (χ1v) is 19.9. The highest BCUT2D eigenvalue weighted by Gasteiger charge is 2.59. The highest BCUT2D eigenvalue weighted by Crippen LogP contribution is 2.66. The second-order valence-corrected chi connectivity index (χ2v) is 16.9. The standard InChI is InChI=1S/C37H63O5P/c1-4-5-6-7-8-9-10-11-12-13-14-15-16-17-18-21-35(38)42-34-28-30(43(39,40)41)27-29-22-23-31-32-20-19-25-36(32,2)26-24-33(31)37(29,34)3/h22,27,31-34H,4-21,23-26,28H2,1-3H3,(H2,39,40,41)/t31-,32-,33+,34?,36-,37-/m0/s1. The predicted molar refractivity (Wildman–Crippen MR) is 177 cm³/mol. The van der Waals surface area contributed by atoms with Gasteiger partial charge < -0.3 is 14.5 Å². The number of ether oxygens (including phenoxy) is 1. The van der Waals surface area contributed by atoms with E-state index in [1.165, 1.54) is 103 Å². The van der Waals surface area contributed by atoms with Crippen LogP contribution in [0.2, 0.25) is 0 Å². The van der Waals surface area contributed by atoms with Crippen LogP contribution in [0.25, 0.3) is 0 Å². The van der Waals surface area contributed by atoms with E-state index in [4.69, 9.17) is 4.74 Å². The van der Waals surface area contributed by atoms with E-state index < -0.39 is 13.7 Å². The molecule has 43 heavy (non-hydrogen) atoms. The van der Waals surface area contributed by atoms with Crippen molar-refractivity contribution < 1.29 is 23.9 Å². The maximum atomic E-state index is 13.2. The van der Waals surface area contributed by atoms with Gasteiger partial charge in [0.25, 0.3) is 0 Å². The number of unbranched alkanes of at least 4 members (excludes halogenated alkanes) is 14. The Morgan fingerprint density at radius 1 is 0.860 bits per heavy atom. The van der Waals surface area contributed by atoms with Gasteiger partial charge in [-0.25, -0.2) is 0 Å². The normalized spacial score (nSPS) is 31.9. The molecule has 2 N–H and O–H groups in total. The zero-order chi connectivity index (χ0) is 30.9. The number of rotatable bonds is 18. The largest absolute Gasteiger partial charge is 0.461 e. The molecule has 0 aromatic carbocycles. The van der Waals surface area contributed by atoms with Gasteiger partial charge in [-0.1, -0.05) is 123 Å². The first-order valence-electron chi connectivity index (χ1n) is 18.3. The molecule has 1 unspecified atom stereocenters. The molecule has 4 aliphatic rings. The van der Waals surface area contributed by atoms with Gasteiger partial charge in [0.05, 0.1) is 0 Å². The van der Waals surface area contributed by atoms with Crippen molar-refractivity contribution in [3.8, 4) is 0 Å². The van der Waals surface area contributed by atoms with Gasteiger partial charge >= 0.3 is 13.6 Å². The van der Waals surface area contributed by atoms with E-state index in [0.29, 0.717) is 29.6 Å². The third-order valence-electron chi connectivity index (χ3n) is 12.2. The van der Waals surface area contributed by atoms with Crippen molar-refractivity contribution in [3.63, 3.8) is 0 Å². The van der Waals surface area contributed by atoms with Crippen LogP contribution in [0, 0.1) is 28.6 Å². The van der Waals surface area contributed by atoms with Crippen molar-refractivity contribution in [1.82, 2.24) is 0 Å². The summed E-state index contributed by atoms with van der Waals surface area (Å²) in [6.45, 7) is 6.98. The third-order valence-corrected chi connectivity index (χ3v) is 13.3. The van der Waals surface area contributed by atoms with Crippen molar-refractivity contribution in [2.45, 2.75) is 175 Å². The highest BCUT2D eigenvalue weighted by atomic mass is 31.2. The molecule has 4 rings (SSSR count). The molecule has 0 bridgehead atoms. The minimum atomic E-state index is -4.40. The van der Waals surface area contributed by atoms with Gasteiger partial charge in [0.2, 0.25) is 0 Å². The molecular formula is C37H63O5P. The molecule has 0 aromatic heterocycles. The van der Waals surface area contributed by atoms with Crippen LogP contribution in [0.1, 0.15) is 168 Å². The number of carbonyl (C=O) groups excluding carboxylic acids is 1. The van der Waals surface area contributed by atoms with Crippen LogP contribution >= 0.6 is 7.60 Å². The summed E-state index contributed by atoms with van der Waals surface area (Å²) < 4.78 is 18.6. The summed E-state index contributed by atoms with van der Waals surface area (Å²) in [7, 11) is -4.40. The Hall–Kier alpha value is -0.900. The number of allylic oxidation sites excluding steroid dienone is 2. The molecule has 6 atom stereocenters. The van der Waals surface area contributed by atoms with E-state index in [1.54, 1.807) is 6.08 Å². The SMILES string of the molecule is CCCCCCCCCCCCCCCCCC(=O)OC1CC(P(=O)(O)O)=CC2=CC[C@@H]3[C@@H](CC[C@]4(C)CCC[C@@H]34)[C@]21C. The van der Waals surface area contributed by atoms with E-state index in [1.807, 2.05) is 0 Å². The molecule has 0 spiro atoms. The summed E-state index contributed by atoms with van der Waals surface area (Å²) in [5.41, 5.74) is 1.03. The monoisotopic (exact) mass is 618 g/mol. The summed E-state index contributed by atoms with van der Waals surface area (Å²) >= 11 is 0. The van der Waals surface area contributed by atoms with E-state index >= 15 is 0 Å². The summed E-state index contributed by atoms with van der Waals surface area (Å²) in [6, 6.07) is 0. The van der Waals surface area contributed by atoms with Crippen LogP contribution in [-0.2, 0) is 14.1 Å². The minimum absolute atomic E-state index is 0.126. The zero-order valence-electron chi connectivity index (χ0n) is 27.8. The molecule has 4 aliphatic carbocycles. The van der Waals surface area contributed by atoms with Crippen LogP contribution in [0.4, 0.5) is 0 Å². The van der Waals surface area contributed by atoms with Gasteiger partial charge in [-0.05, 0) is 73.3 Å². The maximum Gasteiger partial charge on any atom is 0.352 e. The third kappa shape index (κ3) is 8.88. The van der Waals surface area contributed by atoms with Gasteiger partial charge in [0, 0.05) is 23.6 Å². The molecule has 0 radical (unpaired) electrons. The van der Waals surface area contributed by atoms with E-state index in [0.717, 1.165) is 37.7 Å². The Bertz CT molecular complexity index is 1010. The zero-order valence-corrected chi connectivity index (χ0v) is 28.7. The number of esters is 1. The van der Waals surface area contributed by atoms with Crippen LogP contribution in [0.5, 0.6) is 0 Å². The smallest absolute Gasteiger partial charge is 0.352 e. The number of hydrogen-bond acceptors (Lipinski definition) is 3. The summed E-state index contributed by atoms with van der Waals surface area (Å²) in [5, 5.41) is 0.126. The summed E-state index contributed by atoms with van der Waals surface area (Å²) in [5.74, 6) is 1.46. The van der Waals surface area contributed by atoms with Crippen LogP contribution in [0.3, 0.4) is 0 Å². The molecule has 246 valence electrons. The van der Waals surface area contributed by atoms with Crippen molar-refractivity contribution in [1.29, 1.82) is 0 Å². The summed E-state index contributed by atoms with van der Waals surface area (Å²) in [4.78, 5) is 33.3. The fourth-order valence-corrected chi connectivity index (χ4v) is 10.3. The average Bonchev–Trinajstić information content (AvgIpc) is 3.36. The topological polar surface area (TPSA) is 83.8 Å². The van der Waals surface area contributed by atoms with Crippen molar-refractivity contribution >= 4 is 13.6 Å². The van der Waals surface area contributed by atoms with E-state index in [9.17, 15) is 19.1 Å². The fraction of sp³-hybridized carbons (Fsp3) is 0.865. The van der Waals surface area contributed by atoms with Crippen molar-refractivity contribution in [2.24, 2.45) is 28.6 Å². The number of hydrogen-bond donors (Lipinski definition) is 2. The van der Waals surface area contributed by atoms with Crippen LogP contribution < -0.4 is 0 Å². The van der Waals surface area contributed by atoms with Gasteiger partial charge in [0.1, 0.15) is 6.10 Å². The molecule has 2 fully saturated rings. The molecule has 6 heteroatoms. The predicted octanol–water partition coefficient (Wildman–Crippen LogP) is 10.8. The Kier molecular flexibility index (Phi) is 13.1. The van der Waals surface area contributed by atoms with Gasteiger partial charge in [-0.3, -0.25) is 9.36 Å². The van der Waals surface area contributed by atoms with E-state index in [-0.39, 0.29) is 23.1 Å².